The third kappa shape index (κ3) is 3.95. The molecule has 0 aliphatic rings. The van der Waals surface area contributed by atoms with Gasteiger partial charge in [-0.25, -0.2) is 9.97 Å². The first kappa shape index (κ1) is 15.2. The van der Waals surface area contributed by atoms with Crippen LogP contribution in [0.5, 0.6) is 0 Å². The van der Waals surface area contributed by atoms with Crippen LogP contribution in [0, 0.1) is 0 Å². The Morgan fingerprint density at radius 1 is 1.00 bits per heavy atom. The van der Waals surface area contributed by atoms with Gasteiger partial charge in [-0.1, -0.05) is 13.0 Å². The fraction of sp³-hybridized carbons (Fsp3) is 0.312. The van der Waals surface area contributed by atoms with Gasteiger partial charge < -0.3 is 4.42 Å². The summed E-state index contributed by atoms with van der Waals surface area (Å²) in [6.45, 7) is 3.28. The van der Waals surface area contributed by atoms with E-state index in [0.29, 0.717) is 30.7 Å². The van der Waals surface area contributed by atoms with Crippen LogP contribution in [0.3, 0.4) is 0 Å². The lowest BCUT2D eigenvalue weighted by Gasteiger charge is -2.13. The summed E-state index contributed by atoms with van der Waals surface area (Å²) < 4.78 is 5.51. The topological polar surface area (TPSA) is 80.8 Å². The molecule has 7 nitrogen and oxygen atoms in total. The van der Waals surface area contributed by atoms with Gasteiger partial charge in [-0.15, -0.1) is 10.2 Å². The Morgan fingerprint density at radius 2 is 1.78 bits per heavy atom. The normalized spacial score (nSPS) is 11.1. The number of hydrogen-bond donors (Lipinski definition) is 0. The summed E-state index contributed by atoms with van der Waals surface area (Å²) in [6, 6.07) is 5.68. The third-order valence-electron chi connectivity index (χ3n) is 3.27. The first-order valence-corrected chi connectivity index (χ1v) is 7.46. The summed E-state index contributed by atoms with van der Waals surface area (Å²) in [5, 5.41) is 7.99. The summed E-state index contributed by atoms with van der Waals surface area (Å²) >= 11 is 0. The second-order valence-electron chi connectivity index (χ2n) is 5.25. The van der Waals surface area contributed by atoms with Gasteiger partial charge in [0.1, 0.15) is 5.69 Å². The second-order valence-corrected chi connectivity index (χ2v) is 5.25. The van der Waals surface area contributed by atoms with Gasteiger partial charge >= 0.3 is 0 Å². The van der Waals surface area contributed by atoms with E-state index in [-0.39, 0.29) is 0 Å². The van der Waals surface area contributed by atoms with Crippen molar-refractivity contribution < 1.29 is 4.42 Å². The number of hydrogen-bond acceptors (Lipinski definition) is 7. The second kappa shape index (κ2) is 7.06. The van der Waals surface area contributed by atoms with Crippen molar-refractivity contribution in [2.45, 2.75) is 26.4 Å². The molecule has 0 fully saturated rings. The highest BCUT2D eigenvalue weighted by molar-refractivity contribution is 5.47. The Hall–Kier alpha value is -2.67. The van der Waals surface area contributed by atoms with E-state index in [1.807, 2.05) is 44.6 Å². The zero-order valence-corrected chi connectivity index (χ0v) is 13.2. The monoisotopic (exact) mass is 310 g/mol. The van der Waals surface area contributed by atoms with Gasteiger partial charge in [0.15, 0.2) is 5.82 Å². The van der Waals surface area contributed by atoms with Crippen LogP contribution in [-0.2, 0) is 19.5 Å². The molecule has 3 heterocycles. The molecule has 0 amide bonds. The summed E-state index contributed by atoms with van der Waals surface area (Å²) in [5.74, 6) is 1.91. The maximum absolute atomic E-state index is 5.51. The van der Waals surface area contributed by atoms with Crippen molar-refractivity contribution in [3.63, 3.8) is 0 Å². The van der Waals surface area contributed by atoms with Gasteiger partial charge in [0.2, 0.25) is 11.8 Å². The molecule has 0 aliphatic carbocycles. The molecule has 0 spiro atoms. The van der Waals surface area contributed by atoms with Gasteiger partial charge in [0, 0.05) is 37.1 Å². The Labute approximate surface area is 134 Å². The van der Waals surface area contributed by atoms with Gasteiger partial charge in [-0.3, -0.25) is 9.88 Å². The number of nitrogens with zero attached hydrogens (tertiary/aromatic N) is 6. The van der Waals surface area contributed by atoms with E-state index < -0.39 is 0 Å². The highest BCUT2D eigenvalue weighted by atomic mass is 16.4. The molecule has 0 unspecified atom stereocenters. The van der Waals surface area contributed by atoms with Crippen LogP contribution in [0.2, 0.25) is 0 Å². The average Bonchev–Trinajstić information content (AvgIpc) is 3.04. The number of rotatable bonds is 6. The molecule has 0 saturated carbocycles. The maximum Gasteiger partial charge on any atom is 0.230 e. The predicted molar refractivity (Wildman–Crippen MR) is 84.1 cm³/mol. The highest BCUT2D eigenvalue weighted by Gasteiger charge is 2.09. The van der Waals surface area contributed by atoms with E-state index >= 15 is 0 Å². The minimum absolute atomic E-state index is 0.592. The summed E-state index contributed by atoms with van der Waals surface area (Å²) in [7, 11) is 1.99. The molecule has 0 N–H and O–H groups in total. The standard InChI is InChI=1S/C16H18N6O/c1-3-14-20-21-15(23-14)11-22(2)10-12-8-18-16(19-9-12)13-6-4-5-7-17-13/h4-9H,3,10-11H2,1-2H3. The predicted octanol–water partition coefficient (Wildman–Crippen LogP) is 2.12. The molecule has 23 heavy (non-hydrogen) atoms. The van der Waals surface area contributed by atoms with Gasteiger partial charge in [-0.05, 0) is 19.2 Å². The van der Waals surface area contributed by atoms with Crippen molar-refractivity contribution in [1.82, 2.24) is 30.0 Å². The molecule has 3 aromatic rings. The molecule has 3 rings (SSSR count). The fourth-order valence-corrected chi connectivity index (χ4v) is 2.16. The Morgan fingerprint density at radius 3 is 2.43 bits per heavy atom. The molecule has 0 aliphatic heterocycles. The van der Waals surface area contributed by atoms with E-state index in [0.717, 1.165) is 17.7 Å². The van der Waals surface area contributed by atoms with Crippen molar-refractivity contribution in [1.29, 1.82) is 0 Å². The smallest absolute Gasteiger partial charge is 0.230 e. The molecular weight excluding hydrogens is 292 g/mol. The largest absolute Gasteiger partial charge is 0.424 e. The zero-order valence-electron chi connectivity index (χ0n) is 13.2. The van der Waals surface area contributed by atoms with Crippen molar-refractivity contribution in [2.75, 3.05) is 7.05 Å². The van der Waals surface area contributed by atoms with E-state index in [1.54, 1.807) is 6.20 Å². The third-order valence-corrected chi connectivity index (χ3v) is 3.27. The molecule has 0 saturated heterocycles. The molecule has 0 atom stereocenters. The summed E-state index contributed by atoms with van der Waals surface area (Å²) in [4.78, 5) is 15.1. The fourth-order valence-electron chi connectivity index (χ4n) is 2.16. The lowest BCUT2D eigenvalue weighted by molar-refractivity contribution is 0.277. The lowest BCUT2D eigenvalue weighted by Crippen LogP contribution is -2.17. The highest BCUT2D eigenvalue weighted by Crippen LogP contribution is 2.11. The Kier molecular flexibility index (Phi) is 4.68. The van der Waals surface area contributed by atoms with Gasteiger partial charge in [0.05, 0.1) is 6.54 Å². The maximum atomic E-state index is 5.51. The van der Waals surface area contributed by atoms with Gasteiger partial charge in [0.25, 0.3) is 0 Å². The van der Waals surface area contributed by atoms with Crippen LogP contribution in [0.4, 0.5) is 0 Å². The van der Waals surface area contributed by atoms with E-state index in [1.165, 1.54) is 0 Å². The molecule has 7 heteroatoms. The quantitative estimate of drug-likeness (QED) is 0.689. The van der Waals surface area contributed by atoms with Crippen LogP contribution in [-0.4, -0.2) is 37.1 Å². The first-order chi connectivity index (χ1) is 11.2. The van der Waals surface area contributed by atoms with Crippen LogP contribution in [0.1, 0.15) is 24.3 Å². The minimum Gasteiger partial charge on any atom is -0.424 e. The molecule has 0 aromatic carbocycles. The molecule has 118 valence electrons. The molecule has 3 aromatic heterocycles. The van der Waals surface area contributed by atoms with Crippen LogP contribution in [0.25, 0.3) is 11.5 Å². The molecule has 0 bridgehead atoms. The zero-order chi connectivity index (χ0) is 16.1. The van der Waals surface area contributed by atoms with Gasteiger partial charge in [-0.2, -0.15) is 0 Å². The average molecular weight is 310 g/mol. The van der Waals surface area contributed by atoms with Crippen molar-refractivity contribution in [2.24, 2.45) is 0 Å². The number of aromatic nitrogens is 5. The number of pyridine rings is 1. The molecular formula is C16H18N6O. The van der Waals surface area contributed by atoms with Crippen LogP contribution >= 0.6 is 0 Å². The SMILES string of the molecule is CCc1nnc(CN(C)Cc2cnc(-c3ccccn3)nc2)o1. The number of aryl methyl sites for hydroxylation is 1. The first-order valence-electron chi connectivity index (χ1n) is 7.46. The van der Waals surface area contributed by atoms with Crippen LogP contribution in [0.15, 0.2) is 41.2 Å². The van der Waals surface area contributed by atoms with E-state index in [2.05, 4.69) is 30.0 Å². The van der Waals surface area contributed by atoms with E-state index in [9.17, 15) is 0 Å². The lowest BCUT2D eigenvalue weighted by atomic mass is 10.3. The Balaban J connectivity index is 1.61. The van der Waals surface area contributed by atoms with Crippen LogP contribution < -0.4 is 0 Å². The summed E-state index contributed by atoms with van der Waals surface area (Å²) in [5.41, 5.74) is 1.78. The summed E-state index contributed by atoms with van der Waals surface area (Å²) in [6.07, 6.45) is 6.12. The minimum atomic E-state index is 0.592. The Bertz CT molecular complexity index is 741. The van der Waals surface area contributed by atoms with Crippen molar-refractivity contribution in [3.05, 3.63) is 54.1 Å². The van der Waals surface area contributed by atoms with Crippen molar-refractivity contribution >= 4 is 0 Å². The molecule has 0 radical (unpaired) electrons. The van der Waals surface area contributed by atoms with Crippen molar-refractivity contribution in [3.8, 4) is 11.5 Å². The van der Waals surface area contributed by atoms with E-state index in [4.69, 9.17) is 4.42 Å².